The van der Waals surface area contributed by atoms with Crippen molar-refractivity contribution in [3.63, 3.8) is 0 Å². The predicted molar refractivity (Wildman–Crippen MR) is 83.2 cm³/mol. The summed E-state index contributed by atoms with van der Waals surface area (Å²) in [5.41, 5.74) is -0.0485. The molecule has 3 rings (SSSR count). The van der Waals surface area contributed by atoms with E-state index in [1.54, 1.807) is 6.07 Å². The third kappa shape index (κ3) is 3.41. The van der Waals surface area contributed by atoms with Crippen molar-refractivity contribution in [2.24, 2.45) is 0 Å². The third-order valence-corrected chi connectivity index (χ3v) is 3.82. The standard InChI is InChI=1S/C17H16FN3O2/c18-15-9-12(11-19)1-2-16(15)21-8-5-14(10-17(21)22)23-13-3-6-20-7-4-13/h1-2,5,8-10,13,20H,3-4,6-7H2. The molecule has 0 unspecified atom stereocenters. The maximum absolute atomic E-state index is 14.0. The largest absolute Gasteiger partial charge is 0.490 e. The number of ether oxygens (including phenoxy) is 1. The number of hydrogen-bond acceptors (Lipinski definition) is 4. The highest BCUT2D eigenvalue weighted by Gasteiger charge is 2.15. The van der Waals surface area contributed by atoms with Crippen LogP contribution in [0.4, 0.5) is 4.39 Å². The topological polar surface area (TPSA) is 67.1 Å². The lowest BCUT2D eigenvalue weighted by atomic mass is 10.1. The third-order valence-electron chi connectivity index (χ3n) is 3.82. The van der Waals surface area contributed by atoms with Crippen LogP contribution in [0.25, 0.3) is 5.69 Å². The monoisotopic (exact) mass is 313 g/mol. The summed E-state index contributed by atoms with van der Waals surface area (Å²) < 4.78 is 21.0. The Morgan fingerprint density at radius 3 is 2.70 bits per heavy atom. The first-order valence-electron chi connectivity index (χ1n) is 7.47. The van der Waals surface area contributed by atoms with E-state index in [0.29, 0.717) is 5.75 Å². The maximum atomic E-state index is 14.0. The van der Waals surface area contributed by atoms with E-state index in [1.165, 1.54) is 29.0 Å². The lowest BCUT2D eigenvalue weighted by molar-refractivity contribution is 0.162. The van der Waals surface area contributed by atoms with Crippen molar-refractivity contribution < 1.29 is 9.13 Å². The number of hydrogen-bond donors (Lipinski definition) is 1. The summed E-state index contributed by atoms with van der Waals surface area (Å²) in [6.45, 7) is 1.80. The number of benzene rings is 1. The first kappa shape index (κ1) is 15.3. The van der Waals surface area contributed by atoms with Gasteiger partial charge in [-0.1, -0.05) is 0 Å². The van der Waals surface area contributed by atoms with E-state index in [-0.39, 0.29) is 22.9 Å². The number of nitrogens with zero attached hydrogens (tertiary/aromatic N) is 2. The van der Waals surface area contributed by atoms with Crippen molar-refractivity contribution in [3.8, 4) is 17.5 Å². The van der Waals surface area contributed by atoms with Gasteiger partial charge < -0.3 is 10.1 Å². The Labute approximate surface area is 132 Å². The maximum Gasteiger partial charge on any atom is 0.258 e. The number of nitrogens with one attached hydrogen (secondary N) is 1. The summed E-state index contributed by atoms with van der Waals surface area (Å²) in [5.74, 6) is -0.120. The molecule has 0 saturated carbocycles. The van der Waals surface area contributed by atoms with Gasteiger partial charge in [0.05, 0.1) is 17.3 Å². The summed E-state index contributed by atoms with van der Waals surface area (Å²) in [5, 5.41) is 12.0. The molecule has 1 saturated heterocycles. The van der Waals surface area contributed by atoms with E-state index in [2.05, 4.69) is 5.32 Å². The Balaban J connectivity index is 1.85. The Bertz CT molecular complexity index is 804. The Hall–Kier alpha value is -2.65. The molecule has 23 heavy (non-hydrogen) atoms. The van der Waals surface area contributed by atoms with Crippen LogP contribution in [0, 0.1) is 17.1 Å². The van der Waals surface area contributed by atoms with Gasteiger partial charge in [-0.25, -0.2) is 4.39 Å². The zero-order valence-electron chi connectivity index (χ0n) is 12.5. The molecule has 6 heteroatoms. The van der Waals surface area contributed by atoms with E-state index in [0.717, 1.165) is 32.0 Å². The van der Waals surface area contributed by atoms with E-state index in [4.69, 9.17) is 10.00 Å². The van der Waals surface area contributed by atoms with Gasteiger partial charge >= 0.3 is 0 Å². The zero-order valence-corrected chi connectivity index (χ0v) is 12.5. The summed E-state index contributed by atoms with van der Waals surface area (Å²) in [7, 11) is 0. The van der Waals surface area contributed by atoms with Crippen molar-refractivity contribution >= 4 is 0 Å². The van der Waals surface area contributed by atoms with Crippen molar-refractivity contribution in [1.29, 1.82) is 5.26 Å². The van der Waals surface area contributed by atoms with Crippen LogP contribution in [0.15, 0.2) is 41.3 Å². The summed E-state index contributed by atoms with van der Waals surface area (Å²) in [4.78, 5) is 12.2. The van der Waals surface area contributed by atoms with Crippen molar-refractivity contribution in [2.45, 2.75) is 18.9 Å². The molecular formula is C17H16FN3O2. The minimum absolute atomic E-state index is 0.0955. The molecule has 118 valence electrons. The van der Waals surface area contributed by atoms with Gasteiger partial charge in [0.25, 0.3) is 5.56 Å². The molecule has 1 fully saturated rings. The molecule has 0 radical (unpaired) electrons. The first-order valence-corrected chi connectivity index (χ1v) is 7.47. The lowest BCUT2D eigenvalue weighted by Crippen LogP contribution is -2.34. The number of nitriles is 1. The van der Waals surface area contributed by atoms with Crippen LogP contribution < -0.4 is 15.6 Å². The number of pyridine rings is 1. The van der Waals surface area contributed by atoms with Crippen molar-refractivity contribution in [2.75, 3.05) is 13.1 Å². The van der Waals surface area contributed by atoms with E-state index < -0.39 is 5.82 Å². The normalized spacial score (nSPS) is 15.1. The fraction of sp³-hybridized carbons (Fsp3) is 0.294. The highest BCUT2D eigenvalue weighted by molar-refractivity contribution is 5.41. The van der Waals surface area contributed by atoms with E-state index in [1.807, 2.05) is 6.07 Å². The number of aromatic nitrogens is 1. The summed E-state index contributed by atoms with van der Waals surface area (Å²) in [6, 6.07) is 8.89. The summed E-state index contributed by atoms with van der Waals surface area (Å²) >= 11 is 0. The van der Waals surface area contributed by atoms with Gasteiger partial charge in [-0.2, -0.15) is 5.26 Å². The molecule has 1 aliphatic heterocycles. The van der Waals surface area contributed by atoms with Gasteiger partial charge in [-0.15, -0.1) is 0 Å². The van der Waals surface area contributed by atoms with Gasteiger partial charge in [0.15, 0.2) is 0 Å². The average Bonchev–Trinajstić information content (AvgIpc) is 2.56. The van der Waals surface area contributed by atoms with Crippen LogP contribution in [-0.2, 0) is 0 Å². The molecule has 5 nitrogen and oxygen atoms in total. The smallest absolute Gasteiger partial charge is 0.258 e. The highest BCUT2D eigenvalue weighted by Crippen LogP contribution is 2.17. The molecule has 1 aromatic heterocycles. The van der Waals surface area contributed by atoms with Crippen LogP contribution in [0.5, 0.6) is 5.75 Å². The SMILES string of the molecule is N#Cc1ccc(-n2ccc(OC3CCNCC3)cc2=O)c(F)c1. The second-order valence-electron chi connectivity index (χ2n) is 5.42. The van der Waals surface area contributed by atoms with Gasteiger partial charge in [-0.3, -0.25) is 9.36 Å². The minimum atomic E-state index is -0.613. The van der Waals surface area contributed by atoms with Crippen LogP contribution in [0.2, 0.25) is 0 Å². The van der Waals surface area contributed by atoms with Crippen molar-refractivity contribution in [1.82, 2.24) is 9.88 Å². The molecule has 0 amide bonds. The Kier molecular flexibility index (Phi) is 4.40. The molecular weight excluding hydrogens is 297 g/mol. The lowest BCUT2D eigenvalue weighted by Gasteiger charge is -2.23. The van der Waals surface area contributed by atoms with Gasteiger partial charge in [-0.05, 0) is 50.2 Å². The number of piperidine rings is 1. The minimum Gasteiger partial charge on any atom is -0.490 e. The van der Waals surface area contributed by atoms with E-state index >= 15 is 0 Å². The van der Waals surface area contributed by atoms with Crippen LogP contribution in [-0.4, -0.2) is 23.8 Å². The van der Waals surface area contributed by atoms with Crippen LogP contribution in [0.3, 0.4) is 0 Å². The molecule has 2 aromatic rings. The quantitative estimate of drug-likeness (QED) is 0.941. The van der Waals surface area contributed by atoms with E-state index in [9.17, 15) is 9.18 Å². The van der Waals surface area contributed by atoms with Gasteiger partial charge in [0, 0.05) is 12.3 Å². The molecule has 0 aliphatic carbocycles. The average molecular weight is 313 g/mol. The number of rotatable bonds is 3. The van der Waals surface area contributed by atoms with Crippen molar-refractivity contribution in [3.05, 3.63) is 58.3 Å². The fourth-order valence-corrected chi connectivity index (χ4v) is 2.61. The molecule has 1 aliphatic rings. The zero-order chi connectivity index (χ0) is 16.2. The second kappa shape index (κ2) is 6.63. The Morgan fingerprint density at radius 2 is 2.04 bits per heavy atom. The predicted octanol–water partition coefficient (Wildman–Crippen LogP) is 1.98. The second-order valence-corrected chi connectivity index (χ2v) is 5.42. The van der Waals surface area contributed by atoms with Crippen LogP contribution >= 0.6 is 0 Å². The Morgan fingerprint density at radius 1 is 1.26 bits per heavy atom. The molecule has 0 atom stereocenters. The molecule has 0 bridgehead atoms. The fourth-order valence-electron chi connectivity index (χ4n) is 2.61. The molecule has 1 N–H and O–H groups in total. The highest BCUT2D eigenvalue weighted by atomic mass is 19.1. The van der Waals surface area contributed by atoms with Crippen LogP contribution in [0.1, 0.15) is 18.4 Å². The molecule has 0 spiro atoms. The molecule has 1 aromatic carbocycles. The molecule has 2 heterocycles. The van der Waals surface area contributed by atoms with Gasteiger partial charge in [0.2, 0.25) is 0 Å². The summed E-state index contributed by atoms with van der Waals surface area (Å²) in [6.07, 6.45) is 3.38. The first-order chi connectivity index (χ1) is 11.2. The van der Waals surface area contributed by atoms with Gasteiger partial charge in [0.1, 0.15) is 17.7 Å². The number of halogens is 1.